The van der Waals surface area contributed by atoms with Crippen molar-refractivity contribution in [2.45, 2.75) is 52.4 Å². The second-order valence-electron chi connectivity index (χ2n) is 9.19. The van der Waals surface area contributed by atoms with Crippen LogP contribution in [0, 0.1) is 6.92 Å². The van der Waals surface area contributed by atoms with Gasteiger partial charge in [0.15, 0.2) is 0 Å². The van der Waals surface area contributed by atoms with E-state index in [1.165, 1.54) is 11.1 Å². The van der Waals surface area contributed by atoms with Gasteiger partial charge in [-0.15, -0.1) is 0 Å². The summed E-state index contributed by atoms with van der Waals surface area (Å²) in [6, 6.07) is 20.9. The van der Waals surface area contributed by atoms with Crippen LogP contribution in [0.5, 0.6) is 0 Å². The first-order valence-electron chi connectivity index (χ1n) is 12.2. The fourth-order valence-corrected chi connectivity index (χ4v) is 4.69. The van der Waals surface area contributed by atoms with Gasteiger partial charge in [-0.2, -0.15) is 11.8 Å². The van der Waals surface area contributed by atoms with Crippen molar-refractivity contribution < 1.29 is 39.7 Å². The molecule has 7 heteroatoms. The number of hydrogen-bond acceptors (Lipinski definition) is 4. The summed E-state index contributed by atoms with van der Waals surface area (Å²) >= 11 is 1.55. The molecule has 0 saturated heterocycles. The molecule has 0 fully saturated rings. The van der Waals surface area contributed by atoms with Crippen molar-refractivity contribution in [3.05, 3.63) is 94.5 Å². The van der Waals surface area contributed by atoms with Crippen LogP contribution in [-0.2, 0) is 22.7 Å². The summed E-state index contributed by atoms with van der Waals surface area (Å²) in [6.07, 6.45) is 2.28. The van der Waals surface area contributed by atoms with E-state index in [4.69, 9.17) is 4.74 Å². The van der Waals surface area contributed by atoms with Crippen LogP contribution in [0.25, 0.3) is 11.1 Å². The van der Waals surface area contributed by atoms with E-state index in [9.17, 15) is 14.7 Å². The molecule has 0 aliphatic rings. The maximum Gasteiger partial charge on any atom is 1.00 e. The summed E-state index contributed by atoms with van der Waals surface area (Å²) in [5, 5.41) is 12.3. The van der Waals surface area contributed by atoms with E-state index >= 15 is 0 Å². The van der Waals surface area contributed by atoms with Gasteiger partial charge in [0.2, 0.25) is 0 Å². The van der Waals surface area contributed by atoms with Crippen molar-refractivity contribution in [3.8, 4) is 11.1 Å². The van der Waals surface area contributed by atoms with E-state index in [0.29, 0.717) is 36.9 Å². The number of amides is 1. The van der Waals surface area contributed by atoms with Gasteiger partial charge in [0.1, 0.15) is 6.04 Å². The minimum Gasteiger partial charge on any atom is -1.00 e. The second kappa shape index (κ2) is 15.0. The number of carbonyl (C=O) groups is 2. The second-order valence-corrected chi connectivity index (χ2v) is 10.2. The first kappa shape index (κ1) is 30.7. The van der Waals surface area contributed by atoms with E-state index in [1.807, 2.05) is 61.7 Å². The third kappa shape index (κ3) is 8.51. The standard InChI is InChI=1S/C30H35NO4S.Li.H/c1-20(2)24-11-8-6-10-23(24)19-35-18-22-13-14-26(27(17-22)25-12-7-5-9-21(25)3)29(32)31-28(30(33)34)15-16-36-4;;/h5-14,17,20,28H,15-16,18-19H2,1-4H3,(H,31,32)(H,33,34);;/q;+1;-1. The SMILES string of the molecule is CSCCC(NC(=O)c1ccc(COCc2ccccc2C(C)C)cc1-c1ccccc1C)C(=O)O.[H-].[Li+]. The molecule has 5 nitrogen and oxygen atoms in total. The molecule has 0 aliphatic carbocycles. The Morgan fingerprint density at radius 2 is 1.70 bits per heavy atom. The molecule has 1 unspecified atom stereocenters. The maximum atomic E-state index is 13.2. The van der Waals surface area contributed by atoms with Crippen molar-refractivity contribution in [2.75, 3.05) is 12.0 Å². The van der Waals surface area contributed by atoms with E-state index in [0.717, 1.165) is 22.3 Å². The number of ether oxygens (including phenoxy) is 1. The number of aliphatic carboxylic acids is 1. The zero-order valence-electron chi connectivity index (χ0n) is 23.4. The molecular weight excluding hydrogens is 477 g/mol. The van der Waals surface area contributed by atoms with Crippen molar-refractivity contribution in [2.24, 2.45) is 0 Å². The molecular formula is C30H36LiNO4S. The predicted octanol–water partition coefficient (Wildman–Crippen LogP) is 3.55. The number of thioether (sulfide) groups is 1. The van der Waals surface area contributed by atoms with Gasteiger partial charge in [-0.05, 0) is 76.8 Å². The Morgan fingerprint density at radius 1 is 1.00 bits per heavy atom. The molecule has 2 N–H and O–H groups in total. The Labute approximate surface area is 238 Å². The minimum absolute atomic E-state index is 0. The molecule has 3 aromatic rings. The van der Waals surface area contributed by atoms with Gasteiger partial charge >= 0.3 is 24.8 Å². The van der Waals surface area contributed by atoms with Crippen LogP contribution in [-0.4, -0.2) is 35.0 Å². The topological polar surface area (TPSA) is 75.6 Å². The molecule has 0 bridgehead atoms. The quantitative estimate of drug-likeness (QED) is 0.363. The molecule has 0 radical (unpaired) electrons. The van der Waals surface area contributed by atoms with Crippen LogP contribution in [0.4, 0.5) is 0 Å². The molecule has 1 atom stereocenters. The molecule has 0 spiro atoms. The normalized spacial score (nSPS) is 11.6. The smallest absolute Gasteiger partial charge is 1.00 e. The Hall–Kier alpha value is -2.49. The average molecular weight is 514 g/mol. The van der Waals surface area contributed by atoms with Crippen LogP contribution in [0.2, 0.25) is 0 Å². The molecule has 3 aromatic carbocycles. The molecule has 1 amide bonds. The van der Waals surface area contributed by atoms with Crippen molar-refractivity contribution in [1.82, 2.24) is 5.32 Å². The predicted molar refractivity (Wildman–Crippen MR) is 149 cm³/mol. The van der Waals surface area contributed by atoms with E-state index in [-0.39, 0.29) is 26.2 Å². The molecule has 0 aliphatic heterocycles. The Balaban J connectivity index is 0.00000361. The molecule has 0 aromatic heterocycles. The van der Waals surface area contributed by atoms with Crippen LogP contribution >= 0.6 is 11.8 Å². The van der Waals surface area contributed by atoms with Gasteiger partial charge < -0.3 is 16.6 Å². The summed E-state index contributed by atoms with van der Waals surface area (Å²) in [5.41, 5.74) is 6.59. The molecule has 0 heterocycles. The van der Waals surface area contributed by atoms with Gasteiger partial charge in [0, 0.05) is 5.56 Å². The number of nitrogens with one attached hydrogen (secondary N) is 1. The van der Waals surface area contributed by atoms with E-state index in [1.54, 1.807) is 17.8 Å². The zero-order valence-corrected chi connectivity index (χ0v) is 23.2. The van der Waals surface area contributed by atoms with Gasteiger partial charge in [0.05, 0.1) is 13.2 Å². The largest absolute Gasteiger partial charge is 1.00 e. The number of carbonyl (C=O) groups excluding carboxylic acids is 1. The van der Waals surface area contributed by atoms with Gasteiger partial charge in [0.25, 0.3) is 5.91 Å². The third-order valence-electron chi connectivity index (χ3n) is 6.18. The van der Waals surface area contributed by atoms with Crippen LogP contribution in [0.1, 0.15) is 60.2 Å². The van der Waals surface area contributed by atoms with Crippen molar-refractivity contribution >= 4 is 23.6 Å². The van der Waals surface area contributed by atoms with E-state index in [2.05, 4.69) is 31.3 Å². The van der Waals surface area contributed by atoms with Crippen LogP contribution < -0.4 is 24.2 Å². The molecule has 37 heavy (non-hydrogen) atoms. The summed E-state index contributed by atoms with van der Waals surface area (Å²) in [4.78, 5) is 24.9. The van der Waals surface area contributed by atoms with Gasteiger partial charge in [-0.1, -0.05) is 68.4 Å². The first-order valence-corrected chi connectivity index (χ1v) is 13.6. The van der Waals surface area contributed by atoms with Crippen molar-refractivity contribution in [1.29, 1.82) is 0 Å². The average Bonchev–Trinajstić information content (AvgIpc) is 2.86. The zero-order chi connectivity index (χ0) is 26.1. The fourth-order valence-electron chi connectivity index (χ4n) is 4.21. The number of hydrogen-bond donors (Lipinski definition) is 2. The van der Waals surface area contributed by atoms with Gasteiger partial charge in [-0.3, -0.25) is 4.79 Å². The Morgan fingerprint density at radius 3 is 2.38 bits per heavy atom. The maximum absolute atomic E-state index is 13.2. The Kier molecular flexibility index (Phi) is 12.5. The summed E-state index contributed by atoms with van der Waals surface area (Å²) < 4.78 is 6.08. The summed E-state index contributed by atoms with van der Waals surface area (Å²) in [5.74, 6) is -0.347. The number of benzene rings is 3. The molecule has 0 saturated carbocycles. The Bertz CT molecular complexity index is 1200. The summed E-state index contributed by atoms with van der Waals surface area (Å²) in [6.45, 7) is 7.26. The third-order valence-corrected chi connectivity index (χ3v) is 6.83. The molecule has 3 rings (SSSR count). The number of carboxylic acids is 1. The van der Waals surface area contributed by atoms with E-state index < -0.39 is 12.0 Å². The van der Waals surface area contributed by atoms with Gasteiger partial charge in [-0.25, -0.2) is 4.79 Å². The molecule has 192 valence electrons. The van der Waals surface area contributed by atoms with Crippen LogP contribution in [0.15, 0.2) is 66.7 Å². The fraction of sp³-hybridized carbons (Fsp3) is 0.333. The minimum atomic E-state index is -1.03. The number of aryl methyl sites for hydroxylation is 1. The first-order chi connectivity index (χ1) is 17.3. The summed E-state index contributed by atoms with van der Waals surface area (Å²) in [7, 11) is 0. The number of carboxylic acid groups (broad SMARTS) is 1. The van der Waals surface area contributed by atoms with Crippen molar-refractivity contribution in [3.63, 3.8) is 0 Å². The van der Waals surface area contributed by atoms with Crippen LogP contribution in [0.3, 0.4) is 0 Å². The number of rotatable bonds is 12. The monoisotopic (exact) mass is 513 g/mol.